The number of hydrogen-bond acceptors (Lipinski definition) is 4. The topological polar surface area (TPSA) is 73.8 Å². The molecule has 0 amide bonds. The molecule has 0 N–H and O–H groups in total. The third-order valence-corrected chi connectivity index (χ3v) is 3.46. The highest BCUT2D eigenvalue weighted by Crippen LogP contribution is 2.22. The molecule has 6 heteroatoms. The molecule has 3 rings (SSSR count). The van der Waals surface area contributed by atoms with Crippen LogP contribution in [0.5, 0.6) is 0 Å². The van der Waals surface area contributed by atoms with Gasteiger partial charge in [0.15, 0.2) is 0 Å². The number of aryl methyl sites for hydroxylation is 1. The fraction of sp³-hybridized carbons (Fsp3) is 0.200. The number of nitrogens with zero attached hydrogens (tertiary/aromatic N) is 4. The van der Waals surface area contributed by atoms with E-state index in [4.69, 9.17) is 0 Å². The van der Waals surface area contributed by atoms with Crippen molar-refractivity contribution >= 4 is 11.0 Å². The van der Waals surface area contributed by atoms with Crippen LogP contribution >= 0.6 is 0 Å². The monoisotopic (exact) mass is 282 g/mol. The summed E-state index contributed by atoms with van der Waals surface area (Å²) in [6.07, 6.45) is 0. The first kappa shape index (κ1) is 13.2. The van der Waals surface area contributed by atoms with E-state index in [2.05, 4.69) is 10.3 Å². The van der Waals surface area contributed by atoms with E-state index in [1.807, 2.05) is 55.5 Å². The highest BCUT2D eigenvalue weighted by Gasteiger charge is 2.23. The van der Waals surface area contributed by atoms with Crippen molar-refractivity contribution in [1.82, 2.24) is 15.0 Å². The van der Waals surface area contributed by atoms with Crippen LogP contribution in [-0.2, 0) is 0 Å². The van der Waals surface area contributed by atoms with E-state index in [1.165, 1.54) is 0 Å². The van der Waals surface area contributed by atoms with Crippen LogP contribution in [-0.4, -0.2) is 26.5 Å². The second-order valence-corrected chi connectivity index (χ2v) is 4.96. The molecule has 0 saturated heterocycles. The number of hydrogen-bond donors (Lipinski definition) is 0. The molecule has 0 saturated carbocycles. The molecule has 106 valence electrons. The first-order valence-electron chi connectivity index (χ1n) is 6.63. The molecule has 0 bridgehead atoms. The van der Waals surface area contributed by atoms with Gasteiger partial charge >= 0.3 is 0 Å². The summed E-state index contributed by atoms with van der Waals surface area (Å²) in [5, 5.41) is 19.2. The summed E-state index contributed by atoms with van der Waals surface area (Å²) in [5.41, 5.74) is 3.50. The molecule has 1 aromatic heterocycles. The van der Waals surface area contributed by atoms with Gasteiger partial charge in [0.05, 0.1) is 5.52 Å². The highest BCUT2D eigenvalue weighted by molar-refractivity contribution is 5.74. The maximum Gasteiger partial charge on any atom is 0.230 e. The van der Waals surface area contributed by atoms with Crippen LogP contribution in [0.4, 0.5) is 0 Å². The molecule has 0 aliphatic rings. The molecular weight excluding hydrogens is 268 g/mol. The van der Waals surface area contributed by atoms with Crippen molar-refractivity contribution in [2.75, 3.05) is 6.54 Å². The third kappa shape index (κ3) is 2.60. The van der Waals surface area contributed by atoms with Crippen molar-refractivity contribution in [1.29, 1.82) is 0 Å². The van der Waals surface area contributed by atoms with Crippen molar-refractivity contribution in [3.05, 3.63) is 69.8 Å². The minimum absolute atomic E-state index is 0.226. The highest BCUT2D eigenvalue weighted by atomic mass is 16.6. The van der Waals surface area contributed by atoms with Crippen molar-refractivity contribution in [2.24, 2.45) is 0 Å². The van der Waals surface area contributed by atoms with E-state index < -0.39 is 6.04 Å². The Bertz CT molecular complexity index is 780. The van der Waals surface area contributed by atoms with Gasteiger partial charge in [-0.15, -0.1) is 5.10 Å². The van der Waals surface area contributed by atoms with Crippen molar-refractivity contribution < 1.29 is 4.92 Å². The predicted molar refractivity (Wildman–Crippen MR) is 78.7 cm³/mol. The van der Waals surface area contributed by atoms with Gasteiger partial charge in [-0.1, -0.05) is 47.2 Å². The zero-order valence-electron chi connectivity index (χ0n) is 11.5. The first-order valence-corrected chi connectivity index (χ1v) is 6.63. The number of rotatable bonds is 4. The largest absolute Gasteiger partial charge is 0.264 e. The smallest absolute Gasteiger partial charge is 0.230 e. The quantitative estimate of drug-likeness (QED) is 0.544. The Kier molecular flexibility index (Phi) is 3.35. The lowest BCUT2D eigenvalue weighted by molar-refractivity contribution is -0.484. The van der Waals surface area contributed by atoms with E-state index in [-0.39, 0.29) is 11.5 Å². The zero-order valence-corrected chi connectivity index (χ0v) is 11.5. The molecule has 0 fully saturated rings. The lowest BCUT2D eigenvalue weighted by atomic mass is 10.1. The number of benzene rings is 2. The second-order valence-electron chi connectivity index (χ2n) is 4.96. The van der Waals surface area contributed by atoms with Crippen LogP contribution in [0.1, 0.15) is 17.2 Å². The van der Waals surface area contributed by atoms with Crippen LogP contribution in [0, 0.1) is 17.0 Å². The standard InChI is InChI=1S/C15H14N4O2/c1-11-6-8-12(9-7-11)15(10-18(20)21)19-14-5-3-2-4-13(14)16-17-19/h2-9,15H,10H2,1H3/t15-/m0/s1. The van der Waals surface area contributed by atoms with Crippen LogP contribution in [0.15, 0.2) is 48.5 Å². The molecular formula is C15H14N4O2. The maximum absolute atomic E-state index is 11.0. The Morgan fingerprint density at radius 2 is 1.90 bits per heavy atom. The number of fused-ring (bicyclic) bond motifs is 1. The number of aromatic nitrogens is 3. The van der Waals surface area contributed by atoms with Crippen LogP contribution in [0.3, 0.4) is 0 Å². The van der Waals surface area contributed by atoms with Gasteiger partial charge in [0, 0.05) is 4.92 Å². The van der Waals surface area contributed by atoms with Gasteiger partial charge in [0.1, 0.15) is 11.6 Å². The summed E-state index contributed by atoms with van der Waals surface area (Å²) >= 11 is 0. The molecule has 0 radical (unpaired) electrons. The fourth-order valence-electron chi connectivity index (χ4n) is 2.37. The average Bonchev–Trinajstić information content (AvgIpc) is 2.89. The average molecular weight is 282 g/mol. The molecule has 0 unspecified atom stereocenters. The van der Waals surface area contributed by atoms with Crippen molar-refractivity contribution in [3.8, 4) is 0 Å². The minimum Gasteiger partial charge on any atom is -0.264 e. The van der Waals surface area contributed by atoms with Gasteiger partial charge in [-0.25, -0.2) is 4.68 Å². The van der Waals surface area contributed by atoms with Gasteiger partial charge in [-0.2, -0.15) is 0 Å². The molecule has 2 aromatic carbocycles. The summed E-state index contributed by atoms with van der Waals surface area (Å²) in [6, 6.07) is 14.7. The SMILES string of the molecule is Cc1ccc([C@H](C[N+](=O)[O-])n2nnc3ccccc32)cc1. The van der Waals surface area contributed by atoms with E-state index in [9.17, 15) is 10.1 Å². The molecule has 0 spiro atoms. The maximum atomic E-state index is 11.0. The Hall–Kier alpha value is -2.76. The summed E-state index contributed by atoms with van der Waals surface area (Å²) in [4.78, 5) is 10.7. The third-order valence-electron chi connectivity index (χ3n) is 3.46. The van der Waals surface area contributed by atoms with E-state index in [0.717, 1.165) is 22.2 Å². The van der Waals surface area contributed by atoms with Crippen LogP contribution in [0.25, 0.3) is 11.0 Å². The molecule has 0 aliphatic heterocycles. The Morgan fingerprint density at radius 3 is 2.62 bits per heavy atom. The van der Waals surface area contributed by atoms with Crippen LogP contribution in [0.2, 0.25) is 0 Å². The molecule has 3 aromatic rings. The molecule has 21 heavy (non-hydrogen) atoms. The van der Waals surface area contributed by atoms with Crippen molar-refractivity contribution in [2.45, 2.75) is 13.0 Å². The molecule has 6 nitrogen and oxygen atoms in total. The zero-order chi connectivity index (χ0) is 14.8. The Labute approximate surface area is 121 Å². The molecule has 1 atom stereocenters. The predicted octanol–water partition coefficient (Wildman–Crippen LogP) is 2.61. The first-order chi connectivity index (χ1) is 10.1. The van der Waals surface area contributed by atoms with E-state index >= 15 is 0 Å². The van der Waals surface area contributed by atoms with E-state index in [0.29, 0.717) is 0 Å². The lowest BCUT2D eigenvalue weighted by Gasteiger charge is -2.14. The van der Waals surface area contributed by atoms with Gasteiger partial charge < -0.3 is 0 Å². The summed E-state index contributed by atoms with van der Waals surface area (Å²) in [5.74, 6) is 0. The van der Waals surface area contributed by atoms with Gasteiger partial charge in [-0.3, -0.25) is 10.1 Å². The lowest BCUT2D eigenvalue weighted by Crippen LogP contribution is -2.21. The van der Waals surface area contributed by atoms with Gasteiger partial charge in [0.2, 0.25) is 6.54 Å². The summed E-state index contributed by atoms with van der Waals surface area (Å²) in [6.45, 7) is 1.76. The van der Waals surface area contributed by atoms with E-state index in [1.54, 1.807) is 4.68 Å². The molecule has 0 aliphatic carbocycles. The number of para-hydroxylation sites is 1. The second kappa shape index (κ2) is 5.32. The Balaban J connectivity index is 2.11. The normalized spacial score (nSPS) is 12.4. The minimum atomic E-state index is -0.465. The molecule has 1 heterocycles. The van der Waals surface area contributed by atoms with Gasteiger partial charge in [0.25, 0.3) is 0 Å². The van der Waals surface area contributed by atoms with Crippen molar-refractivity contribution in [3.63, 3.8) is 0 Å². The number of nitro groups is 1. The Morgan fingerprint density at radius 1 is 1.19 bits per heavy atom. The summed E-state index contributed by atoms with van der Waals surface area (Å²) in [7, 11) is 0. The summed E-state index contributed by atoms with van der Waals surface area (Å²) < 4.78 is 1.63. The fourth-order valence-corrected chi connectivity index (χ4v) is 2.37. The van der Waals surface area contributed by atoms with Gasteiger partial charge in [-0.05, 0) is 24.6 Å². The van der Waals surface area contributed by atoms with Crippen LogP contribution < -0.4 is 0 Å².